The van der Waals surface area contributed by atoms with Crippen LogP contribution in [0, 0.1) is 0 Å². The lowest BCUT2D eigenvalue weighted by Gasteiger charge is -2.23. The Balaban J connectivity index is 1.64. The zero-order valence-corrected chi connectivity index (χ0v) is 17.1. The largest absolute Gasteiger partial charge is 0.494 e. The first-order valence-corrected chi connectivity index (χ1v) is 10.6. The standard InChI is InChI=1S/C21H21ClN2O3S/c1-26-17-7-6-16(14-8-10-27-11-9-14)19-18(17)23-21(28-19)24-20(25)15-4-2-13(12-22)3-5-15/h2-7,14H,8-12H2,1H3,(H,23,24,25). The molecule has 1 aromatic heterocycles. The number of carbonyl (C=O) groups is 1. The number of benzene rings is 2. The van der Waals surface area contributed by atoms with Crippen molar-refractivity contribution >= 4 is 44.2 Å². The van der Waals surface area contributed by atoms with Gasteiger partial charge < -0.3 is 9.47 Å². The zero-order chi connectivity index (χ0) is 19.5. The molecule has 0 atom stereocenters. The lowest BCUT2D eigenvalue weighted by Crippen LogP contribution is -2.14. The molecular weight excluding hydrogens is 396 g/mol. The highest BCUT2D eigenvalue weighted by Crippen LogP contribution is 2.40. The van der Waals surface area contributed by atoms with Crippen molar-refractivity contribution in [1.82, 2.24) is 4.98 Å². The second-order valence-corrected chi connectivity index (χ2v) is 7.99. The van der Waals surface area contributed by atoms with Crippen LogP contribution in [0.1, 0.15) is 40.2 Å². The van der Waals surface area contributed by atoms with E-state index >= 15 is 0 Å². The minimum absolute atomic E-state index is 0.188. The van der Waals surface area contributed by atoms with Gasteiger partial charge in [0.1, 0.15) is 11.3 Å². The molecular formula is C21H21ClN2O3S. The number of methoxy groups -OCH3 is 1. The van der Waals surface area contributed by atoms with E-state index in [1.807, 2.05) is 18.2 Å². The highest BCUT2D eigenvalue weighted by Gasteiger charge is 2.22. The summed E-state index contributed by atoms with van der Waals surface area (Å²) in [7, 11) is 1.64. The summed E-state index contributed by atoms with van der Waals surface area (Å²) in [6.07, 6.45) is 1.99. The first-order chi connectivity index (χ1) is 13.7. The Morgan fingerprint density at radius 2 is 2.00 bits per heavy atom. The molecule has 1 aliphatic heterocycles. The van der Waals surface area contributed by atoms with Gasteiger partial charge in [0.25, 0.3) is 5.91 Å². The first-order valence-electron chi connectivity index (χ1n) is 9.21. The van der Waals surface area contributed by atoms with E-state index in [1.165, 1.54) is 16.9 Å². The fraction of sp³-hybridized carbons (Fsp3) is 0.333. The van der Waals surface area contributed by atoms with Gasteiger partial charge in [0.15, 0.2) is 5.13 Å². The number of nitrogens with zero attached hydrogens (tertiary/aromatic N) is 1. The number of aromatic nitrogens is 1. The SMILES string of the molecule is COc1ccc(C2CCOCC2)c2sc(NC(=O)c3ccc(CCl)cc3)nc12. The van der Waals surface area contributed by atoms with Crippen molar-refractivity contribution in [3.8, 4) is 5.75 Å². The van der Waals surface area contributed by atoms with Gasteiger partial charge in [-0.3, -0.25) is 10.1 Å². The van der Waals surface area contributed by atoms with Gasteiger partial charge >= 0.3 is 0 Å². The van der Waals surface area contributed by atoms with Crippen molar-refractivity contribution in [2.45, 2.75) is 24.6 Å². The van der Waals surface area contributed by atoms with E-state index < -0.39 is 0 Å². The molecule has 1 fully saturated rings. The third kappa shape index (κ3) is 3.85. The minimum Gasteiger partial charge on any atom is -0.494 e. The number of ether oxygens (including phenoxy) is 2. The van der Waals surface area contributed by atoms with E-state index in [2.05, 4.69) is 16.4 Å². The maximum atomic E-state index is 12.6. The molecule has 1 aliphatic rings. The van der Waals surface area contributed by atoms with Crippen molar-refractivity contribution in [2.75, 3.05) is 25.6 Å². The second-order valence-electron chi connectivity index (χ2n) is 6.73. The Kier molecular flexibility index (Phi) is 5.80. The molecule has 5 nitrogen and oxygen atoms in total. The summed E-state index contributed by atoms with van der Waals surface area (Å²) >= 11 is 7.31. The van der Waals surface area contributed by atoms with E-state index in [0.717, 1.165) is 41.8 Å². The number of anilines is 1. The number of carbonyl (C=O) groups excluding carboxylic acids is 1. The van der Waals surface area contributed by atoms with Gasteiger partial charge in [0.05, 0.1) is 11.8 Å². The molecule has 3 aromatic rings. The van der Waals surface area contributed by atoms with E-state index in [1.54, 1.807) is 19.2 Å². The highest BCUT2D eigenvalue weighted by atomic mass is 35.5. The van der Waals surface area contributed by atoms with E-state index in [9.17, 15) is 4.79 Å². The molecule has 0 unspecified atom stereocenters. The minimum atomic E-state index is -0.188. The van der Waals surface area contributed by atoms with Crippen LogP contribution in [0.2, 0.25) is 0 Å². The molecule has 0 spiro atoms. The predicted molar refractivity (Wildman–Crippen MR) is 113 cm³/mol. The molecule has 146 valence electrons. The number of rotatable bonds is 5. The summed E-state index contributed by atoms with van der Waals surface area (Å²) in [6.45, 7) is 1.55. The Labute approximate surface area is 172 Å². The van der Waals surface area contributed by atoms with Crippen molar-refractivity contribution in [1.29, 1.82) is 0 Å². The fourth-order valence-electron chi connectivity index (χ4n) is 3.47. The van der Waals surface area contributed by atoms with Crippen molar-refractivity contribution in [3.63, 3.8) is 0 Å². The maximum absolute atomic E-state index is 12.6. The van der Waals surface area contributed by atoms with Crippen LogP contribution in [0.25, 0.3) is 10.2 Å². The molecule has 4 rings (SSSR count). The quantitative estimate of drug-likeness (QED) is 0.581. The average Bonchev–Trinajstić information content (AvgIpc) is 3.17. The molecule has 0 bridgehead atoms. The summed E-state index contributed by atoms with van der Waals surface area (Å²) < 4.78 is 12.1. The van der Waals surface area contributed by atoms with Crippen LogP contribution in [-0.4, -0.2) is 31.2 Å². The highest BCUT2D eigenvalue weighted by molar-refractivity contribution is 7.22. The molecule has 0 saturated carbocycles. The number of halogens is 1. The van der Waals surface area contributed by atoms with Crippen LogP contribution in [0.5, 0.6) is 5.75 Å². The first kappa shape index (κ1) is 19.2. The van der Waals surface area contributed by atoms with Gasteiger partial charge in [0, 0.05) is 24.7 Å². The Bertz CT molecular complexity index is 981. The Hall–Kier alpha value is -2.15. The number of amides is 1. The topological polar surface area (TPSA) is 60.5 Å². The van der Waals surface area contributed by atoms with Gasteiger partial charge in [-0.15, -0.1) is 11.6 Å². The molecule has 1 N–H and O–H groups in total. The molecule has 2 heterocycles. The van der Waals surface area contributed by atoms with Gasteiger partial charge in [-0.05, 0) is 48.1 Å². The van der Waals surface area contributed by atoms with Crippen LogP contribution in [-0.2, 0) is 10.6 Å². The monoisotopic (exact) mass is 416 g/mol. The van der Waals surface area contributed by atoms with Gasteiger partial charge in [-0.1, -0.05) is 29.5 Å². The molecule has 28 heavy (non-hydrogen) atoms. The smallest absolute Gasteiger partial charge is 0.257 e. The zero-order valence-electron chi connectivity index (χ0n) is 15.5. The Morgan fingerprint density at radius 1 is 1.25 bits per heavy atom. The summed E-state index contributed by atoms with van der Waals surface area (Å²) in [4.78, 5) is 17.3. The normalized spacial score (nSPS) is 14.9. The van der Waals surface area contributed by atoms with Crippen molar-refractivity contribution in [2.24, 2.45) is 0 Å². The number of thiazole rings is 1. The average molecular weight is 417 g/mol. The van der Waals surface area contributed by atoms with Gasteiger partial charge in [0.2, 0.25) is 0 Å². The summed E-state index contributed by atoms with van der Waals surface area (Å²) in [5, 5.41) is 3.49. The lowest BCUT2D eigenvalue weighted by molar-refractivity contribution is 0.0856. The van der Waals surface area contributed by atoms with Gasteiger partial charge in [-0.2, -0.15) is 0 Å². The summed E-state index contributed by atoms with van der Waals surface area (Å²) in [6, 6.07) is 11.3. The van der Waals surface area contributed by atoms with E-state index in [0.29, 0.717) is 28.2 Å². The second kappa shape index (κ2) is 8.47. The molecule has 7 heteroatoms. The molecule has 1 saturated heterocycles. The molecule has 0 radical (unpaired) electrons. The molecule has 0 aliphatic carbocycles. The number of alkyl halides is 1. The lowest BCUT2D eigenvalue weighted by atomic mass is 9.91. The molecule has 2 aromatic carbocycles. The van der Waals surface area contributed by atoms with Crippen molar-refractivity contribution in [3.05, 3.63) is 53.1 Å². The number of fused-ring (bicyclic) bond motifs is 1. The van der Waals surface area contributed by atoms with Crippen molar-refractivity contribution < 1.29 is 14.3 Å². The van der Waals surface area contributed by atoms with Crippen LogP contribution >= 0.6 is 22.9 Å². The third-order valence-corrected chi connectivity index (χ3v) is 6.34. The Morgan fingerprint density at radius 3 is 2.68 bits per heavy atom. The van der Waals surface area contributed by atoms with Crippen LogP contribution < -0.4 is 10.1 Å². The van der Waals surface area contributed by atoms with Gasteiger partial charge in [-0.25, -0.2) is 4.98 Å². The third-order valence-electron chi connectivity index (χ3n) is 5.01. The van der Waals surface area contributed by atoms with Crippen LogP contribution in [0.4, 0.5) is 5.13 Å². The number of hydrogen-bond acceptors (Lipinski definition) is 5. The fourth-order valence-corrected chi connectivity index (χ4v) is 4.71. The van der Waals surface area contributed by atoms with E-state index in [-0.39, 0.29) is 5.91 Å². The number of hydrogen-bond donors (Lipinski definition) is 1. The maximum Gasteiger partial charge on any atom is 0.257 e. The summed E-state index contributed by atoms with van der Waals surface area (Å²) in [5.74, 6) is 1.39. The molecule has 1 amide bonds. The number of nitrogens with one attached hydrogen (secondary N) is 1. The van der Waals surface area contributed by atoms with E-state index in [4.69, 9.17) is 21.1 Å². The van der Waals surface area contributed by atoms with Crippen LogP contribution in [0.3, 0.4) is 0 Å². The predicted octanol–water partition coefficient (Wildman–Crippen LogP) is 5.19. The van der Waals surface area contributed by atoms with Crippen LogP contribution in [0.15, 0.2) is 36.4 Å². The summed E-state index contributed by atoms with van der Waals surface area (Å²) in [5.41, 5.74) is 3.60.